The van der Waals surface area contributed by atoms with Crippen molar-refractivity contribution in [3.63, 3.8) is 0 Å². The molecular formula is C29H28ClF. The molecule has 0 aromatic heterocycles. The van der Waals surface area contributed by atoms with Gasteiger partial charge in [0, 0.05) is 10.6 Å². The van der Waals surface area contributed by atoms with Crippen LogP contribution in [-0.4, -0.2) is 0 Å². The van der Waals surface area contributed by atoms with E-state index in [1.54, 1.807) is 18.2 Å². The number of benzene rings is 4. The van der Waals surface area contributed by atoms with Crippen LogP contribution in [0.2, 0.25) is 5.02 Å². The predicted octanol–water partition coefficient (Wildman–Crippen LogP) is 9.21. The Kier molecular flexibility index (Phi) is 7.04. The molecule has 0 aliphatic rings. The van der Waals surface area contributed by atoms with Crippen molar-refractivity contribution in [3.8, 4) is 11.1 Å². The zero-order valence-electron chi connectivity index (χ0n) is 18.0. The van der Waals surface area contributed by atoms with Gasteiger partial charge in [0.25, 0.3) is 0 Å². The second kappa shape index (κ2) is 10.1. The molecule has 0 spiro atoms. The van der Waals surface area contributed by atoms with Crippen LogP contribution in [0.25, 0.3) is 21.9 Å². The molecule has 2 heteroatoms. The van der Waals surface area contributed by atoms with E-state index in [0.717, 1.165) is 30.4 Å². The monoisotopic (exact) mass is 430 g/mol. The topological polar surface area (TPSA) is 0 Å². The smallest absolute Gasteiger partial charge is 0.131 e. The Morgan fingerprint density at radius 3 is 2.32 bits per heavy atom. The number of unbranched alkanes of at least 4 members (excludes halogenated alkanes) is 2. The van der Waals surface area contributed by atoms with Crippen molar-refractivity contribution >= 4 is 22.4 Å². The lowest BCUT2D eigenvalue weighted by Gasteiger charge is -2.19. The van der Waals surface area contributed by atoms with Crippen LogP contribution >= 0.6 is 11.6 Å². The van der Waals surface area contributed by atoms with Crippen LogP contribution in [0.4, 0.5) is 4.39 Å². The molecule has 0 saturated carbocycles. The summed E-state index contributed by atoms with van der Waals surface area (Å²) in [7, 11) is 0. The Balaban J connectivity index is 1.61. The molecule has 0 nitrogen and oxygen atoms in total. The lowest BCUT2D eigenvalue weighted by atomic mass is 9.86. The number of rotatable bonds is 8. The highest BCUT2D eigenvalue weighted by Gasteiger charge is 2.16. The summed E-state index contributed by atoms with van der Waals surface area (Å²) in [6.45, 7) is 2.22. The summed E-state index contributed by atoms with van der Waals surface area (Å²) in [5, 5.41) is 3.18. The zero-order valence-corrected chi connectivity index (χ0v) is 18.7. The van der Waals surface area contributed by atoms with Gasteiger partial charge in [0.15, 0.2) is 0 Å². The molecule has 0 radical (unpaired) electrons. The van der Waals surface area contributed by atoms with Gasteiger partial charge in [-0.3, -0.25) is 0 Å². The number of hydrogen-bond donors (Lipinski definition) is 0. The first-order valence-electron chi connectivity index (χ1n) is 11.2. The van der Waals surface area contributed by atoms with Gasteiger partial charge in [-0.2, -0.15) is 0 Å². The molecule has 1 atom stereocenters. The van der Waals surface area contributed by atoms with Crippen molar-refractivity contribution in [1.82, 2.24) is 0 Å². The van der Waals surface area contributed by atoms with Crippen molar-refractivity contribution in [1.29, 1.82) is 0 Å². The summed E-state index contributed by atoms with van der Waals surface area (Å²) < 4.78 is 15.1. The first kappa shape index (κ1) is 21.6. The maximum Gasteiger partial charge on any atom is 0.131 e. The van der Waals surface area contributed by atoms with Gasteiger partial charge in [0.2, 0.25) is 0 Å². The molecule has 4 rings (SSSR count). The molecule has 1 unspecified atom stereocenters. The van der Waals surface area contributed by atoms with Crippen LogP contribution < -0.4 is 0 Å². The third kappa shape index (κ3) is 5.35. The van der Waals surface area contributed by atoms with Gasteiger partial charge in [-0.25, -0.2) is 4.39 Å². The molecule has 0 aliphatic carbocycles. The largest absolute Gasteiger partial charge is 0.206 e. The van der Waals surface area contributed by atoms with Crippen LogP contribution in [-0.2, 0) is 6.42 Å². The van der Waals surface area contributed by atoms with Crippen molar-refractivity contribution in [2.24, 2.45) is 0 Å². The lowest BCUT2D eigenvalue weighted by Crippen LogP contribution is -2.05. The van der Waals surface area contributed by atoms with Gasteiger partial charge >= 0.3 is 0 Å². The van der Waals surface area contributed by atoms with Crippen molar-refractivity contribution in [3.05, 3.63) is 107 Å². The Morgan fingerprint density at radius 2 is 1.58 bits per heavy atom. The van der Waals surface area contributed by atoms with Crippen LogP contribution in [0, 0.1) is 5.82 Å². The molecule has 0 heterocycles. The minimum Gasteiger partial charge on any atom is -0.206 e. The molecule has 0 saturated heterocycles. The summed E-state index contributed by atoms with van der Waals surface area (Å²) >= 11 is 5.99. The molecule has 0 bridgehead atoms. The fourth-order valence-electron chi connectivity index (χ4n) is 4.33. The van der Waals surface area contributed by atoms with Gasteiger partial charge in [0.1, 0.15) is 5.82 Å². The van der Waals surface area contributed by atoms with Crippen molar-refractivity contribution in [2.45, 2.75) is 44.9 Å². The molecule has 0 N–H and O–H groups in total. The highest BCUT2D eigenvalue weighted by atomic mass is 35.5. The molecule has 0 fully saturated rings. The number of fused-ring (bicyclic) bond motifs is 1. The Hall–Kier alpha value is -2.64. The standard InChI is InChI=1S/C29H28ClF/c1-2-3-4-8-25(19-21-10-11-22-7-5-6-9-24(22)18-21)26-14-17-28(29(31)20-26)23-12-15-27(30)16-13-23/h5-7,9-18,20,25H,2-4,8,19H2,1H3. The third-order valence-corrected chi connectivity index (χ3v) is 6.32. The van der Waals surface area contributed by atoms with E-state index in [1.807, 2.05) is 18.2 Å². The highest BCUT2D eigenvalue weighted by Crippen LogP contribution is 2.32. The number of hydrogen-bond acceptors (Lipinski definition) is 0. The average molecular weight is 431 g/mol. The van der Waals surface area contributed by atoms with E-state index in [0.29, 0.717) is 16.5 Å². The van der Waals surface area contributed by atoms with Crippen LogP contribution in [0.5, 0.6) is 0 Å². The minimum atomic E-state index is -0.168. The summed E-state index contributed by atoms with van der Waals surface area (Å²) in [6.07, 6.45) is 5.55. The van der Waals surface area contributed by atoms with E-state index in [2.05, 4.69) is 55.5 Å². The van der Waals surface area contributed by atoms with Gasteiger partial charge < -0.3 is 0 Å². The van der Waals surface area contributed by atoms with Crippen molar-refractivity contribution < 1.29 is 4.39 Å². The quantitative estimate of drug-likeness (QED) is 0.244. The normalized spacial score (nSPS) is 12.2. The highest BCUT2D eigenvalue weighted by molar-refractivity contribution is 6.30. The molecule has 0 aliphatic heterocycles. The minimum absolute atomic E-state index is 0.168. The van der Waals surface area contributed by atoms with Gasteiger partial charge in [-0.05, 0) is 64.4 Å². The summed E-state index contributed by atoms with van der Waals surface area (Å²) in [4.78, 5) is 0. The SMILES string of the molecule is CCCCCC(Cc1ccc2ccccc2c1)c1ccc(-c2ccc(Cl)cc2)c(F)c1. The summed E-state index contributed by atoms with van der Waals surface area (Å²) in [5.74, 6) is 0.139. The fraction of sp³-hybridized carbons (Fsp3) is 0.241. The molecular weight excluding hydrogens is 403 g/mol. The average Bonchev–Trinajstić information content (AvgIpc) is 2.79. The second-order valence-electron chi connectivity index (χ2n) is 8.32. The van der Waals surface area contributed by atoms with Crippen LogP contribution in [0.3, 0.4) is 0 Å². The Morgan fingerprint density at radius 1 is 0.806 bits per heavy atom. The van der Waals surface area contributed by atoms with E-state index < -0.39 is 0 Å². The first-order chi connectivity index (χ1) is 15.1. The fourth-order valence-corrected chi connectivity index (χ4v) is 4.45. The second-order valence-corrected chi connectivity index (χ2v) is 8.76. The Labute approximate surface area is 189 Å². The first-order valence-corrected chi connectivity index (χ1v) is 11.5. The zero-order chi connectivity index (χ0) is 21.6. The van der Waals surface area contributed by atoms with E-state index in [9.17, 15) is 0 Å². The van der Waals surface area contributed by atoms with Crippen LogP contribution in [0.1, 0.15) is 49.7 Å². The van der Waals surface area contributed by atoms with E-state index in [1.165, 1.54) is 29.2 Å². The molecule has 31 heavy (non-hydrogen) atoms. The van der Waals surface area contributed by atoms with E-state index in [-0.39, 0.29) is 5.82 Å². The lowest BCUT2D eigenvalue weighted by molar-refractivity contribution is 0.557. The van der Waals surface area contributed by atoms with Gasteiger partial charge in [-0.15, -0.1) is 0 Å². The van der Waals surface area contributed by atoms with E-state index >= 15 is 4.39 Å². The molecule has 158 valence electrons. The summed E-state index contributed by atoms with van der Waals surface area (Å²) in [6, 6.07) is 28.2. The predicted molar refractivity (Wildman–Crippen MR) is 131 cm³/mol. The third-order valence-electron chi connectivity index (χ3n) is 6.07. The maximum absolute atomic E-state index is 15.1. The molecule has 4 aromatic carbocycles. The van der Waals surface area contributed by atoms with E-state index in [4.69, 9.17) is 11.6 Å². The van der Waals surface area contributed by atoms with Gasteiger partial charge in [-0.1, -0.05) is 105 Å². The van der Waals surface area contributed by atoms with Crippen molar-refractivity contribution in [2.75, 3.05) is 0 Å². The Bertz CT molecular complexity index is 1150. The number of halogens is 2. The molecule has 4 aromatic rings. The summed E-state index contributed by atoms with van der Waals surface area (Å²) in [5.41, 5.74) is 3.87. The maximum atomic E-state index is 15.1. The molecule has 0 amide bonds. The van der Waals surface area contributed by atoms with Crippen LogP contribution in [0.15, 0.2) is 84.9 Å². The van der Waals surface area contributed by atoms with Gasteiger partial charge in [0.05, 0.1) is 0 Å².